The number of carbonyl (C=O) groups is 1. The predicted molar refractivity (Wildman–Crippen MR) is 103 cm³/mol. The van der Waals surface area contributed by atoms with Crippen LogP contribution in [0, 0.1) is 0 Å². The number of aromatic nitrogens is 1. The summed E-state index contributed by atoms with van der Waals surface area (Å²) < 4.78 is 5.71. The number of halogens is 2. The standard InChI is InChI=1S/C20H16Cl2N2O2/c21-17-6-7-19(18(22)10-17)26-13-14-3-1-5-16(9-14)20(25)24-12-15-4-2-8-23-11-15/h1-11H,12-13H2,(H,24,25). The third-order valence-corrected chi connectivity index (χ3v) is 4.18. The van der Waals surface area contributed by atoms with Crippen molar-refractivity contribution in [2.24, 2.45) is 0 Å². The van der Waals surface area contributed by atoms with Crippen molar-refractivity contribution in [1.82, 2.24) is 10.3 Å². The van der Waals surface area contributed by atoms with E-state index in [4.69, 9.17) is 27.9 Å². The second-order valence-corrected chi connectivity index (χ2v) is 6.45. The molecule has 0 radical (unpaired) electrons. The molecule has 0 aliphatic carbocycles. The molecular weight excluding hydrogens is 371 g/mol. The summed E-state index contributed by atoms with van der Waals surface area (Å²) in [7, 11) is 0. The molecule has 6 heteroatoms. The molecule has 3 aromatic rings. The number of benzene rings is 2. The summed E-state index contributed by atoms with van der Waals surface area (Å²) in [5.74, 6) is 0.391. The molecule has 0 fully saturated rings. The number of hydrogen-bond acceptors (Lipinski definition) is 3. The van der Waals surface area contributed by atoms with Crippen molar-refractivity contribution >= 4 is 29.1 Å². The third kappa shape index (κ3) is 4.97. The molecule has 1 heterocycles. The first kappa shape index (κ1) is 18.2. The highest BCUT2D eigenvalue weighted by molar-refractivity contribution is 6.35. The number of amides is 1. The maximum absolute atomic E-state index is 12.3. The lowest BCUT2D eigenvalue weighted by molar-refractivity contribution is 0.0950. The number of ether oxygens (including phenoxy) is 1. The molecule has 2 aromatic carbocycles. The van der Waals surface area contributed by atoms with Crippen LogP contribution < -0.4 is 10.1 Å². The first-order valence-corrected chi connectivity index (χ1v) is 8.71. The maximum Gasteiger partial charge on any atom is 0.251 e. The van der Waals surface area contributed by atoms with E-state index in [-0.39, 0.29) is 5.91 Å². The number of nitrogens with one attached hydrogen (secondary N) is 1. The Bertz CT molecular complexity index is 901. The largest absolute Gasteiger partial charge is 0.487 e. The van der Waals surface area contributed by atoms with Gasteiger partial charge >= 0.3 is 0 Å². The van der Waals surface area contributed by atoms with E-state index in [2.05, 4.69) is 10.3 Å². The third-order valence-electron chi connectivity index (χ3n) is 3.65. The Morgan fingerprint density at radius 1 is 1.04 bits per heavy atom. The fourth-order valence-corrected chi connectivity index (χ4v) is 2.81. The summed E-state index contributed by atoms with van der Waals surface area (Å²) in [6.45, 7) is 0.721. The van der Waals surface area contributed by atoms with Gasteiger partial charge in [0.25, 0.3) is 5.91 Å². The van der Waals surface area contributed by atoms with Crippen LogP contribution in [0.25, 0.3) is 0 Å². The number of carbonyl (C=O) groups excluding carboxylic acids is 1. The molecular formula is C20H16Cl2N2O2. The van der Waals surface area contributed by atoms with E-state index in [1.165, 1.54) is 0 Å². The average Bonchev–Trinajstić information content (AvgIpc) is 2.66. The quantitative estimate of drug-likeness (QED) is 0.655. The Balaban J connectivity index is 1.61. The zero-order chi connectivity index (χ0) is 18.4. The minimum Gasteiger partial charge on any atom is -0.487 e. The van der Waals surface area contributed by atoms with E-state index < -0.39 is 0 Å². The highest BCUT2D eigenvalue weighted by Gasteiger charge is 2.08. The summed E-state index contributed by atoms with van der Waals surface area (Å²) in [6.07, 6.45) is 3.42. The average molecular weight is 387 g/mol. The molecule has 0 aliphatic rings. The van der Waals surface area contributed by atoms with Gasteiger partial charge < -0.3 is 10.1 Å². The summed E-state index contributed by atoms with van der Waals surface area (Å²) in [4.78, 5) is 16.4. The molecule has 3 rings (SSSR count). The van der Waals surface area contributed by atoms with E-state index in [0.717, 1.165) is 11.1 Å². The van der Waals surface area contributed by atoms with Gasteiger partial charge in [0.15, 0.2) is 0 Å². The minimum absolute atomic E-state index is 0.153. The van der Waals surface area contributed by atoms with Gasteiger partial charge in [0.1, 0.15) is 12.4 Å². The predicted octanol–water partition coefficient (Wildman–Crippen LogP) is 4.90. The van der Waals surface area contributed by atoms with Gasteiger partial charge in [-0.1, -0.05) is 41.4 Å². The van der Waals surface area contributed by atoms with Crippen molar-refractivity contribution in [3.05, 3.63) is 93.7 Å². The normalized spacial score (nSPS) is 10.4. The molecule has 0 bridgehead atoms. The van der Waals surface area contributed by atoms with Gasteiger partial charge in [-0.3, -0.25) is 9.78 Å². The molecule has 1 aromatic heterocycles. The Morgan fingerprint density at radius 3 is 2.65 bits per heavy atom. The molecule has 26 heavy (non-hydrogen) atoms. The molecule has 0 unspecified atom stereocenters. The van der Waals surface area contributed by atoms with Gasteiger partial charge in [-0.25, -0.2) is 0 Å². The number of rotatable bonds is 6. The van der Waals surface area contributed by atoms with E-state index >= 15 is 0 Å². The zero-order valence-electron chi connectivity index (χ0n) is 13.8. The Hall–Kier alpha value is -2.56. The minimum atomic E-state index is -0.153. The molecule has 0 spiro atoms. The number of nitrogens with zero attached hydrogens (tertiary/aromatic N) is 1. The molecule has 1 N–H and O–H groups in total. The van der Waals surface area contributed by atoms with Gasteiger partial charge in [-0.05, 0) is 47.5 Å². The van der Waals surface area contributed by atoms with E-state index in [9.17, 15) is 4.79 Å². The fourth-order valence-electron chi connectivity index (χ4n) is 2.34. The van der Waals surface area contributed by atoms with E-state index in [0.29, 0.717) is 34.5 Å². The monoisotopic (exact) mass is 386 g/mol. The maximum atomic E-state index is 12.3. The van der Waals surface area contributed by atoms with Crippen LogP contribution >= 0.6 is 23.2 Å². The van der Waals surface area contributed by atoms with Crippen molar-refractivity contribution in [1.29, 1.82) is 0 Å². The van der Waals surface area contributed by atoms with Crippen LogP contribution in [0.1, 0.15) is 21.5 Å². The number of hydrogen-bond donors (Lipinski definition) is 1. The highest BCUT2D eigenvalue weighted by atomic mass is 35.5. The first-order valence-electron chi connectivity index (χ1n) is 7.96. The van der Waals surface area contributed by atoms with Crippen LogP contribution in [-0.4, -0.2) is 10.9 Å². The summed E-state index contributed by atoms with van der Waals surface area (Å²) in [5.41, 5.74) is 2.37. The SMILES string of the molecule is O=C(NCc1cccnc1)c1cccc(COc2ccc(Cl)cc2Cl)c1. The smallest absolute Gasteiger partial charge is 0.251 e. The van der Waals surface area contributed by atoms with Crippen molar-refractivity contribution in [3.63, 3.8) is 0 Å². The summed E-state index contributed by atoms with van der Waals surface area (Å²) in [6, 6.07) is 16.1. The van der Waals surface area contributed by atoms with Crippen molar-refractivity contribution in [2.45, 2.75) is 13.2 Å². The Labute approximate surface area is 161 Å². The van der Waals surface area contributed by atoms with Gasteiger partial charge in [0.05, 0.1) is 5.02 Å². The van der Waals surface area contributed by atoms with Crippen LogP contribution in [-0.2, 0) is 13.2 Å². The summed E-state index contributed by atoms with van der Waals surface area (Å²) in [5, 5.41) is 3.87. The van der Waals surface area contributed by atoms with Crippen LogP contribution in [0.2, 0.25) is 10.0 Å². The zero-order valence-corrected chi connectivity index (χ0v) is 15.3. The van der Waals surface area contributed by atoms with Crippen molar-refractivity contribution in [2.75, 3.05) is 0 Å². The second-order valence-electron chi connectivity index (χ2n) is 5.61. The molecule has 4 nitrogen and oxygen atoms in total. The molecule has 1 amide bonds. The van der Waals surface area contributed by atoms with Gasteiger partial charge in [0, 0.05) is 29.5 Å². The lowest BCUT2D eigenvalue weighted by Crippen LogP contribution is -2.23. The molecule has 0 saturated heterocycles. The number of pyridine rings is 1. The lowest BCUT2D eigenvalue weighted by Gasteiger charge is -2.10. The second kappa shape index (κ2) is 8.70. The molecule has 0 saturated carbocycles. The van der Waals surface area contributed by atoms with Gasteiger partial charge in [-0.2, -0.15) is 0 Å². The van der Waals surface area contributed by atoms with Crippen LogP contribution in [0.3, 0.4) is 0 Å². The Morgan fingerprint density at radius 2 is 1.88 bits per heavy atom. The van der Waals surface area contributed by atoms with Crippen LogP contribution in [0.5, 0.6) is 5.75 Å². The van der Waals surface area contributed by atoms with Gasteiger partial charge in [-0.15, -0.1) is 0 Å². The topological polar surface area (TPSA) is 51.2 Å². The van der Waals surface area contributed by atoms with Crippen LogP contribution in [0.15, 0.2) is 67.0 Å². The molecule has 132 valence electrons. The van der Waals surface area contributed by atoms with Crippen molar-refractivity contribution in [3.8, 4) is 5.75 Å². The van der Waals surface area contributed by atoms with E-state index in [1.807, 2.05) is 24.3 Å². The fraction of sp³-hybridized carbons (Fsp3) is 0.100. The first-order chi connectivity index (χ1) is 12.6. The van der Waals surface area contributed by atoms with E-state index in [1.54, 1.807) is 42.7 Å². The molecule has 0 aliphatic heterocycles. The lowest BCUT2D eigenvalue weighted by atomic mass is 10.1. The van der Waals surface area contributed by atoms with Crippen LogP contribution in [0.4, 0.5) is 0 Å². The molecule has 0 atom stereocenters. The summed E-state index contributed by atoms with van der Waals surface area (Å²) >= 11 is 12.0. The van der Waals surface area contributed by atoms with Gasteiger partial charge in [0.2, 0.25) is 0 Å². The Kier molecular flexibility index (Phi) is 6.10. The van der Waals surface area contributed by atoms with Crippen molar-refractivity contribution < 1.29 is 9.53 Å². The highest BCUT2D eigenvalue weighted by Crippen LogP contribution is 2.28.